The fraction of sp³-hybridized carbons (Fsp3) is 0.136. The number of hydrogen-bond acceptors (Lipinski definition) is 3. The van der Waals surface area contributed by atoms with Crippen LogP contribution in [0.15, 0.2) is 77.7 Å². The number of halogens is 4. The number of hydrogen-bond donors (Lipinski definition) is 1. The number of amides is 1. The highest BCUT2D eigenvalue weighted by Gasteiger charge is 2.34. The maximum atomic E-state index is 13.3. The van der Waals surface area contributed by atoms with Gasteiger partial charge in [0.15, 0.2) is 0 Å². The first-order chi connectivity index (χ1) is 15.0. The van der Waals surface area contributed by atoms with Crippen molar-refractivity contribution in [2.45, 2.75) is 18.0 Å². The number of nitrogens with zero attached hydrogens (tertiary/aromatic N) is 1. The van der Waals surface area contributed by atoms with Crippen LogP contribution in [0.4, 0.5) is 28.9 Å². The summed E-state index contributed by atoms with van der Waals surface area (Å²) in [4.78, 5) is 12.4. The minimum atomic E-state index is -4.71. The summed E-state index contributed by atoms with van der Waals surface area (Å²) in [5, 5.41) is 2.14. The van der Waals surface area contributed by atoms with Crippen LogP contribution >= 0.6 is 0 Å². The summed E-state index contributed by atoms with van der Waals surface area (Å²) in [5.74, 6) is -1.62. The van der Waals surface area contributed by atoms with E-state index in [4.69, 9.17) is 0 Å². The van der Waals surface area contributed by atoms with Gasteiger partial charge in [-0.05, 0) is 55.5 Å². The van der Waals surface area contributed by atoms with E-state index in [2.05, 4.69) is 5.32 Å². The quantitative estimate of drug-likeness (QED) is 0.521. The molecule has 0 aliphatic rings. The van der Waals surface area contributed by atoms with E-state index in [0.717, 1.165) is 46.3 Å². The van der Waals surface area contributed by atoms with Crippen molar-refractivity contribution < 1.29 is 30.8 Å². The molecule has 5 nitrogen and oxygen atoms in total. The number of carbonyl (C=O) groups is 1. The monoisotopic (exact) mass is 466 g/mol. The van der Waals surface area contributed by atoms with Gasteiger partial charge in [0, 0.05) is 0 Å². The van der Waals surface area contributed by atoms with Crippen LogP contribution in [-0.4, -0.2) is 20.9 Å². The lowest BCUT2D eigenvalue weighted by Crippen LogP contribution is -2.38. The van der Waals surface area contributed by atoms with Crippen molar-refractivity contribution in [2.75, 3.05) is 16.2 Å². The molecular weight excluding hydrogens is 448 g/mol. The topological polar surface area (TPSA) is 66.5 Å². The maximum absolute atomic E-state index is 13.3. The van der Waals surface area contributed by atoms with E-state index in [0.29, 0.717) is 0 Å². The Labute approximate surface area is 182 Å². The molecule has 0 aliphatic carbocycles. The molecule has 1 N–H and O–H groups in total. The molecule has 0 radical (unpaired) electrons. The van der Waals surface area contributed by atoms with Crippen LogP contribution < -0.4 is 9.62 Å². The first-order valence-corrected chi connectivity index (χ1v) is 10.7. The molecule has 0 heterocycles. The number of anilines is 2. The molecule has 3 aromatic carbocycles. The number of rotatable bonds is 6. The lowest BCUT2D eigenvalue weighted by molar-refractivity contribution is -0.137. The number of nitrogens with one attached hydrogen (secondary N) is 1. The molecule has 3 rings (SSSR count). The highest BCUT2D eigenvalue weighted by molar-refractivity contribution is 7.92. The molecule has 10 heteroatoms. The zero-order valence-electron chi connectivity index (χ0n) is 16.7. The summed E-state index contributed by atoms with van der Waals surface area (Å²) < 4.78 is 80.1. The van der Waals surface area contributed by atoms with Gasteiger partial charge in [0.1, 0.15) is 12.4 Å². The van der Waals surface area contributed by atoms with E-state index in [1.165, 1.54) is 24.3 Å². The van der Waals surface area contributed by atoms with Crippen LogP contribution in [0.1, 0.15) is 11.1 Å². The van der Waals surface area contributed by atoms with Crippen LogP contribution in [0.25, 0.3) is 0 Å². The summed E-state index contributed by atoms with van der Waals surface area (Å²) in [6.45, 7) is 0.984. The van der Waals surface area contributed by atoms with Crippen molar-refractivity contribution in [1.29, 1.82) is 0 Å². The number of benzene rings is 3. The molecule has 0 unspecified atom stereocenters. The third kappa shape index (κ3) is 5.25. The van der Waals surface area contributed by atoms with Gasteiger partial charge in [0.2, 0.25) is 5.91 Å². The Morgan fingerprint density at radius 2 is 1.53 bits per heavy atom. The molecule has 0 aliphatic heterocycles. The first kappa shape index (κ1) is 23.3. The number of sulfonamides is 1. The van der Waals surface area contributed by atoms with Crippen LogP contribution in [-0.2, 0) is 21.0 Å². The highest BCUT2D eigenvalue weighted by Crippen LogP contribution is 2.34. The lowest BCUT2D eigenvalue weighted by Gasteiger charge is -2.24. The van der Waals surface area contributed by atoms with Gasteiger partial charge in [-0.15, -0.1) is 0 Å². The Morgan fingerprint density at radius 3 is 2.12 bits per heavy atom. The summed E-state index contributed by atoms with van der Waals surface area (Å²) in [6.07, 6.45) is -4.71. The van der Waals surface area contributed by atoms with Crippen molar-refractivity contribution in [3.8, 4) is 0 Å². The second-order valence-electron chi connectivity index (χ2n) is 6.89. The summed E-state index contributed by atoms with van der Waals surface area (Å²) >= 11 is 0. The fourth-order valence-corrected chi connectivity index (χ4v) is 4.34. The number of para-hydroxylation sites is 1. The van der Waals surface area contributed by atoms with E-state index >= 15 is 0 Å². The zero-order chi connectivity index (χ0) is 23.5. The molecular formula is C22H18F4N2O3S. The predicted octanol–water partition coefficient (Wildman–Crippen LogP) is 4.99. The minimum absolute atomic E-state index is 0.124. The van der Waals surface area contributed by atoms with Gasteiger partial charge in [0.25, 0.3) is 10.0 Å². The Hall–Kier alpha value is -3.40. The molecule has 0 atom stereocenters. The molecule has 0 fully saturated rings. The normalized spacial score (nSPS) is 11.8. The van der Waals surface area contributed by atoms with Crippen molar-refractivity contribution in [3.05, 3.63) is 89.7 Å². The van der Waals surface area contributed by atoms with Gasteiger partial charge in [-0.1, -0.05) is 29.8 Å². The number of aryl methyl sites for hydroxylation is 1. The standard InChI is InChI=1S/C22H18F4N2O3S/c1-15-6-10-17(11-7-15)28(32(30,31)18-12-8-16(23)9-13-18)14-21(29)27-20-5-3-2-4-19(20)22(24,25)26/h2-13H,14H2,1H3,(H,27,29). The Kier molecular flexibility index (Phi) is 6.54. The molecule has 168 valence electrons. The Bertz CT molecular complexity index is 1210. The molecule has 3 aromatic rings. The zero-order valence-corrected chi connectivity index (χ0v) is 17.5. The summed E-state index contributed by atoms with van der Waals surface area (Å²) in [5.41, 5.74) is -0.597. The number of carbonyl (C=O) groups excluding carboxylic acids is 1. The van der Waals surface area contributed by atoms with Crippen LogP contribution in [0.2, 0.25) is 0 Å². The van der Waals surface area contributed by atoms with Gasteiger partial charge in [-0.25, -0.2) is 12.8 Å². The maximum Gasteiger partial charge on any atom is 0.418 e. The second kappa shape index (κ2) is 8.99. The molecule has 0 bridgehead atoms. The third-order valence-corrected chi connectivity index (χ3v) is 6.31. The lowest BCUT2D eigenvalue weighted by atomic mass is 10.1. The van der Waals surface area contributed by atoms with Crippen molar-refractivity contribution in [1.82, 2.24) is 0 Å². The Morgan fingerprint density at radius 1 is 0.938 bits per heavy atom. The van der Waals surface area contributed by atoms with E-state index in [1.807, 2.05) is 0 Å². The van der Waals surface area contributed by atoms with E-state index in [-0.39, 0.29) is 10.6 Å². The predicted molar refractivity (Wildman–Crippen MR) is 112 cm³/mol. The molecule has 1 amide bonds. The van der Waals surface area contributed by atoms with Gasteiger partial charge >= 0.3 is 6.18 Å². The molecule has 0 saturated heterocycles. The SMILES string of the molecule is Cc1ccc(N(CC(=O)Nc2ccccc2C(F)(F)F)S(=O)(=O)c2ccc(F)cc2)cc1. The van der Waals surface area contributed by atoms with Crippen molar-refractivity contribution in [3.63, 3.8) is 0 Å². The van der Waals surface area contributed by atoms with Gasteiger partial charge < -0.3 is 5.32 Å². The van der Waals surface area contributed by atoms with E-state index in [1.54, 1.807) is 19.1 Å². The molecule has 0 saturated carbocycles. The average molecular weight is 466 g/mol. The van der Waals surface area contributed by atoms with Crippen molar-refractivity contribution >= 4 is 27.3 Å². The molecule has 32 heavy (non-hydrogen) atoms. The minimum Gasteiger partial charge on any atom is -0.324 e. The van der Waals surface area contributed by atoms with Crippen LogP contribution in [0.5, 0.6) is 0 Å². The van der Waals surface area contributed by atoms with Crippen LogP contribution in [0, 0.1) is 12.7 Å². The van der Waals surface area contributed by atoms with Gasteiger partial charge in [-0.2, -0.15) is 13.2 Å². The fourth-order valence-electron chi connectivity index (χ4n) is 2.92. The Balaban J connectivity index is 1.96. The van der Waals surface area contributed by atoms with Crippen molar-refractivity contribution in [2.24, 2.45) is 0 Å². The van der Waals surface area contributed by atoms with Gasteiger partial charge in [0.05, 0.1) is 21.8 Å². The largest absolute Gasteiger partial charge is 0.418 e. The smallest absolute Gasteiger partial charge is 0.324 e. The van der Waals surface area contributed by atoms with E-state index < -0.39 is 45.7 Å². The highest BCUT2D eigenvalue weighted by atomic mass is 32.2. The first-order valence-electron chi connectivity index (χ1n) is 9.29. The average Bonchev–Trinajstić information content (AvgIpc) is 2.72. The number of alkyl halides is 3. The summed E-state index contributed by atoms with van der Waals surface area (Å²) in [7, 11) is -4.33. The van der Waals surface area contributed by atoms with Gasteiger partial charge in [-0.3, -0.25) is 9.10 Å². The molecule has 0 spiro atoms. The second-order valence-corrected chi connectivity index (χ2v) is 8.75. The van der Waals surface area contributed by atoms with Crippen LogP contribution in [0.3, 0.4) is 0 Å². The van der Waals surface area contributed by atoms with E-state index in [9.17, 15) is 30.8 Å². The molecule has 0 aromatic heterocycles. The summed E-state index contributed by atoms with van der Waals surface area (Å²) in [6, 6.07) is 14.6. The third-order valence-electron chi connectivity index (χ3n) is 4.52.